The minimum atomic E-state index is -4.77. The van der Waals surface area contributed by atoms with Crippen LogP contribution in [0.1, 0.15) is 40.3 Å². The van der Waals surface area contributed by atoms with Gasteiger partial charge in [-0.25, -0.2) is 16.8 Å². The van der Waals surface area contributed by atoms with Gasteiger partial charge in [-0.2, -0.15) is 0 Å². The van der Waals surface area contributed by atoms with Crippen LogP contribution in [0.4, 0.5) is 5.69 Å². The summed E-state index contributed by atoms with van der Waals surface area (Å²) in [4.78, 5) is 11.1. The van der Waals surface area contributed by atoms with Gasteiger partial charge in [-0.15, -0.1) is 0 Å². The molecule has 0 saturated carbocycles. The molecule has 1 amide bonds. The van der Waals surface area contributed by atoms with Gasteiger partial charge >= 0.3 is 29.6 Å². The van der Waals surface area contributed by atoms with Gasteiger partial charge in [0.25, 0.3) is 0 Å². The molecule has 1 heterocycles. The van der Waals surface area contributed by atoms with Crippen molar-refractivity contribution in [2.45, 2.75) is 24.8 Å². The third kappa shape index (κ3) is 11.0. The first-order valence-electron chi connectivity index (χ1n) is 15.4. The standard InChI is InChI=1S/C37H30N2O6S.CH4O3S.Na/c1-24(40)39-30-14-10-26(11-15-30)19-29-13-17-32-35(21-29)45-34-20-28(18-25-6-8-27(9-7-25)22-44-23-38)12-16-31(34)37(32)33-4-2-3-5-36(33)46(41,42)43;1-5(2,3)4;/h2-17,19-21,23,38H,18,22H2,1H3,(H,39,40)(H,41,42,43);1H3,(H,2,3,4);/q;;+1/p-2/b29-19+,38-23?;;. The summed E-state index contributed by atoms with van der Waals surface area (Å²) in [6, 6.07) is 33.1. The van der Waals surface area contributed by atoms with Crippen molar-refractivity contribution in [2.24, 2.45) is 0 Å². The van der Waals surface area contributed by atoms with Crippen LogP contribution in [0.15, 0.2) is 114 Å². The van der Waals surface area contributed by atoms with Crippen LogP contribution in [0.25, 0.3) is 11.6 Å². The van der Waals surface area contributed by atoms with E-state index in [0.717, 1.165) is 33.9 Å². The Morgan fingerprint density at radius 3 is 2.08 bits per heavy atom. The molecule has 0 unspecified atom stereocenters. The van der Waals surface area contributed by atoms with Crippen molar-refractivity contribution in [2.75, 3.05) is 11.6 Å². The largest absolute Gasteiger partial charge is 1.00 e. The number of carbonyl (C=O) groups is 1. The number of carbonyl (C=O) groups excluding carboxylic acids is 1. The summed E-state index contributed by atoms with van der Waals surface area (Å²) >= 11 is 0. The van der Waals surface area contributed by atoms with Gasteiger partial charge in [0.2, 0.25) is 5.91 Å². The molecule has 1 aliphatic heterocycles. The molecule has 0 fully saturated rings. The zero-order valence-electron chi connectivity index (χ0n) is 28.5. The summed E-state index contributed by atoms with van der Waals surface area (Å²) in [5.74, 6) is 0.927. The second kappa shape index (κ2) is 17.3. The second-order valence-electron chi connectivity index (χ2n) is 11.6. The smallest absolute Gasteiger partial charge is 0.748 e. The van der Waals surface area contributed by atoms with Gasteiger partial charge in [0.15, 0.2) is 6.40 Å². The first kappa shape index (κ1) is 40.2. The molecule has 0 aliphatic carbocycles. The summed E-state index contributed by atoms with van der Waals surface area (Å²) in [5, 5.41) is 11.3. The molecule has 1 aliphatic rings. The first-order chi connectivity index (χ1) is 24.2. The Bertz CT molecular complexity index is 2440. The molecule has 2 N–H and O–H groups in total. The van der Waals surface area contributed by atoms with Crippen LogP contribution in [0.2, 0.25) is 0 Å². The molecule has 6 rings (SSSR count). The SMILES string of the molecule is CC(=O)Nc1ccc(/C=c2\ccc3c(c2)Oc2cc(Cc4ccc(COC=N)cc4)ccc2C=3c2ccccc2S(=O)(=O)[O-])cc1.CS(=O)(=O)[O-].[Na+]. The zero-order valence-corrected chi connectivity index (χ0v) is 32.1. The Balaban J connectivity index is 0.000000944. The fourth-order valence-corrected chi connectivity index (χ4v) is 6.20. The maximum Gasteiger partial charge on any atom is 1.00 e. The second-order valence-corrected chi connectivity index (χ2v) is 14.3. The number of nitrogens with one attached hydrogen (secondary N) is 2. The van der Waals surface area contributed by atoms with Crippen LogP contribution in [-0.2, 0) is 42.8 Å². The van der Waals surface area contributed by atoms with Crippen LogP contribution in [0, 0.1) is 5.41 Å². The number of rotatable bonds is 9. The minimum Gasteiger partial charge on any atom is -0.748 e. The van der Waals surface area contributed by atoms with Gasteiger partial charge in [0, 0.05) is 40.8 Å². The molecule has 5 aromatic rings. The van der Waals surface area contributed by atoms with Crippen LogP contribution >= 0.6 is 0 Å². The zero-order chi connectivity index (χ0) is 36.8. The summed E-state index contributed by atoms with van der Waals surface area (Å²) in [5.41, 5.74) is 6.21. The maximum atomic E-state index is 12.4. The van der Waals surface area contributed by atoms with Gasteiger partial charge in [-0.1, -0.05) is 72.8 Å². The van der Waals surface area contributed by atoms with E-state index >= 15 is 0 Å². The number of anilines is 1. The minimum absolute atomic E-state index is 0. The van der Waals surface area contributed by atoms with Crippen LogP contribution in [0.5, 0.6) is 11.5 Å². The van der Waals surface area contributed by atoms with Crippen molar-refractivity contribution in [3.8, 4) is 11.5 Å². The fourth-order valence-electron chi connectivity index (χ4n) is 5.52. The van der Waals surface area contributed by atoms with Crippen LogP contribution < -0.4 is 50.0 Å². The average molecular weight is 748 g/mol. The van der Waals surface area contributed by atoms with Crippen molar-refractivity contribution in [1.82, 2.24) is 0 Å². The number of ether oxygens (including phenoxy) is 2. The molecular formula is C38H32N2NaO9S2-. The molecule has 52 heavy (non-hydrogen) atoms. The predicted octanol–water partition coefficient (Wildman–Crippen LogP) is 1.61. The topological polar surface area (TPSA) is 186 Å². The van der Waals surface area contributed by atoms with Crippen molar-refractivity contribution in [3.63, 3.8) is 0 Å². The van der Waals surface area contributed by atoms with E-state index in [4.69, 9.17) is 27.9 Å². The van der Waals surface area contributed by atoms with Crippen molar-refractivity contribution < 1.29 is 69.8 Å². The normalized spacial score (nSPS) is 12.2. The molecule has 0 bridgehead atoms. The third-order valence-electron chi connectivity index (χ3n) is 7.56. The molecule has 0 spiro atoms. The molecule has 14 heteroatoms. The number of benzene rings is 5. The van der Waals surface area contributed by atoms with E-state index in [1.165, 1.54) is 19.1 Å². The van der Waals surface area contributed by atoms with Crippen molar-refractivity contribution in [3.05, 3.63) is 153 Å². The van der Waals surface area contributed by atoms with Gasteiger partial charge < -0.3 is 23.9 Å². The van der Waals surface area contributed by atoms with Gasteiger partial charge in [-0.3, -0.25) is 10.2 Å². The maximum absolute atomic E-state index is 12.4. The average Bonchev–Trinajstić information content (AvgIpc) is 3.06. The molecule has 5 aromatic carbocycles. The van der Waals surface area contributed by atoms with Gasteiger partial charge in [0.05, 0.1) is 15.0 Å². The number of hydrogen-bond acceptors (Lipinski definition) is 10. The molecule has 0 atom stereocenters. The molecule has 0 radical (unpaired) electrons. The van der Waals surface area contributed by atoms with Crippen molar-refractivity contribution in [1.29, 1.82) is 5.41 Å². The Morgan fingerprint density at radius 1 is 0.808 bits per heavy atom. The number of amides is 1. The predicted molar refractivity (Wildman–Crippen MR) is 191 cm³/mol. The Hall–Kier alpha value is -4.60. The van der Waals surface area contributed by atoms with Gasteiger partial charge in [-0.05, 0) is 76.4 Å². The first-order valence-corrected chi connectivity index (χ1v) is 18.6. The molecular weight excluding hydrogens is 716 g/mol. The Morgan fingerprint density at radius 2 is 1.44 bits per heavy atom. The molecule has 11 nitrogen and oxygen atoms in total. The summed E-state index contributed by atoms with van der Waals surface area (Å²) in [7, 11) is -8.69. The van der Waals surface area contributed by atoms with Crippen molar-refractivity contribution >= 4 is 49.9 Å². The molecule has 262 valence electrons. The van der Waals surface area contributed by atoms with Crippen LogP contribution in [0.3, 0.4) is 0 Å². The Labute approximate surface area is 323 Å². The van der Waals surface area contributed by atoms with E-state index < -0.39 is 20.2 Å². The fraction of sp³-hybridized carbons (Fsp3) is 0.105. The van der Waals surface area contributed by atoms with E-state index in [2.05, 4.69) is 5.32 Å². The number of hydrogen-bond donors (Lipinski definition) is 2. The molecule has 0 aromatic heterocycles. The quantitative estimate of drug-likeness (QED) is 0.0960. The summed E-state index contributed by atoms with van der Waals surface area (Å²) in [6.45, 7) is 1.79. The van der Waals surface area contributed by atoms with Gasteiger partial charge in [0.1, 0.15) is 28.2 Å². The summed E-state index contributed by atoms with van der Waals surface area (Å²) in [6.07, 6.45) is 4.12. The van der Waals surface area contributed by atoms with E-state index in [1.807, 2.05) is 91.0 Å². The van der Waals surface area contributed by atoms with Crippen LogP contribution in [-0.4, -0.2) is 44.5 Å². The monoisotopic (exact) mass is 747 g/mol. The van der Waals surface area contributed by atoms with E-state index in [-0.39, 0.29) is 40.4 Å². The molecule has 0 saturated heterocycles. The third-order valence-corrected chi connectivity index (χ3v) is 8.46. The van der Waals surface area contributed by atoms with E-state index in [1.54, 1.807) is 12.1 Å². The summed E-state index contributed by atoms with van der Waals surface area (Å²) < 4.78 is 75.8. The van der Waals surface area contributed by atoms with E-state index in [9.17, 15) is 17.8 Å². The number of fused-ring (bicyclic) bond motifs is 2. The Kier molecular flexibility index (Phi) is 13.3. The van der Waals surface area contributed by atoms with E-state index in [0.29, 0.717) is 58.4 Å².